The van der Waals surface area contributed by atoms with Gasteiger partial charge in [-0.05, 0) is 19.3 Å². The molecule has 3 atom stereocenters. The van der Waals surface area contributed by atoms with E-state index < -0.39 is 0 Å². The molecule has 0 spiro atoms. The molecule has 1 fully saturated rings. The van der Waals surface area contributed by atoms with Crippen molar-refractivity contribution in [1.29, 1.82) is 0 Å². The van der Waals surface area contributed by atoms with Crippen molar-refractivity contribution in [3.05, 3.63) is 0 Å². The summed E-state index contributed by atoms with van der Waals surface area (Å²) in [6.45, 7) is 2.40. The zero-order chi connectivity index (χ0) is 10.4. The van der Waals surface area contributed by atoms with Gasteiger partial charge in [0.1, 0.15) is 0 Å². The third kappa shape index (κ3) is 4.20. The predicted octanol–water partition coefficient (Wildman–Crippen LogP) is 2.18. The summed E-state index contributed by atoms with van der Waals surface area (Å²) in [6, 6.07) is 0. The zero-order valence-electron chi connectivity index (χ0n) is 8.98. The number of aliphatic hydroxyl groups is 2. The fraction of sp³-hybridized carbons (Fsp3) is 1.00. The number of hydrogen-bond acceptors (Lipinski definition) is 3. The van der Waals surface area contributed by atoms with Crippen LogP contribution in [-0.4, -0.2) is 33.4 Å². The van der Waals surface area contributed by atoms with Crippen LogP contribution in [0.4, 0.5) is 0 Å². The Morgan fingerprint density at radius 3 is 2.71 bits per heavy atom. The van der Waals surface area contributed by atoms with Crippen LogP contribution in [0.1, 0.15) is 45.4 Å². The Kier molecular flexibility index (Phi) is 5.90. The van der Waals surface area contributed by atoms with E-state index >= 15 is 0 Å². The van der Waals surface area contributed by atoms with Gasteiger partial charge in [0.15, 0.2) is 0 Å². The molecule has 0 aromatic heterocycles. The lowest BCUT2D eigenvalue weighted by molar-refractivity contribution is 0.163. The highest BCUT2D eigenvalue weighted by molar-refractivity contribution is 8.00. The average Bonchev–Trinajstić information content (AvgIpc) is 2.33. The van der Waals surface area contributed by atoms with Crippen LogP contribution < -0.4 is 0 Å². The summed E-state index contributed by atoms with van der Waals surface area (Å²) >= 11 is 1.86. The third-order valence-corrected chi connectivity index (χ3v) is 4.46. The molecule has 3 unspecified atom stereocenters. The average molecular weight is 218 g/mol. The van der Waals surface area contributed by atoms with Gasteiger partial charge in [0.05, 0.1) is 6.10 Å². The quantitative estimate of drug-likeness (QED) is 0.711. The van der Waals surface area contributed by atoms with Crippen LogP contribution in [0.5, 0.6) is 0 Å². The first-order valence-electron chi connectivity index (χ1n) is 5.68. The molecule has 2 nitrogen and oxygen atoms in total. The van der Waals surface area contributed by atoms with E-state index in [-0.39, 0.29) is 12.7 Å². The topological polar surface area (TPSA) is 40.5 Å². The minimum Gasteiger partial charge on any atom is -0.396 e. The van der Waals surface area contributed by atoms with E-state index in [9.17, 15) is 5.11 Å². The van der Waals surface area contributed by atoms with Crippen LogP contribution in [0.3, 0.4) is 0 Å². The first-order chi connectivity index (χ1) is 6.74. The van der Waals surface area contributed by atoms with Gasteiger partial charge in [0, 0.05) is 17.1 Å². The Bertz CT molecular complexity index is 152. The molecule has 14 heavy (non-hydrogen) atoms. The normalized spacial score (nSPS) is 31.1. The van der Waals surface area contributed by atoms with Crippen LogP contribution in [0.15, 0.2) is 0 Å². The third-order valence-electron chi connectivity index (χ3n) is 2.86. The van der Waals surface area contributed by atoms with Crippen LogP contribution in [0.2, 0.25) is 0 Å². The van der Waals surface area contributed by atoms with E-state index in [0.29, 0.717) is 10.5 Å². The fourth-order valence-electron chi connectivity index (χ4n) is 1.96. The van der Waals surface area contributed by atoms with Crippen LogP contribution in [0.25, 0.3) is 0 Å². The van der Waals surface area contributed by atoms with Crippen molar-refractivity contribution in [2.24, 2.45) is 0 Å². The van der Waals surface area contributed by atoms with Crippen molar-refractivity contribution in [2.75, 3.05) is 6.61 Å². The lowest BCUT2D eigenvalue weighted by Crippen LogP contribution is -2.23. The lowest BCUT2D eigenvalue weighted by Gasteiger charge is -2.23. The number of hydrogen-bond donors (Lipinski definition) is 2. The number of thioether (sulfide) groups is 1. The van der Waals surface area contributed by atoms with Crippen LogP contribution in [-0.2, 0) is 0 Å². The molecule has 1 saturated carbocycles. The molecule has 0 saturated heterocycles. The van der Waals surface area contributed by atoms with E-state index in [1.165, 1.54) is 19.3 Å². The molecule has 1 aliphatic rings. The Balaban J connectivity index is 2.32. The maximum absolute atomic E-state index is 9.88. The minimum absolute atomic E-state index is 0.122. The summed E-state index contributed by atoms with van der Waals surface area (Å²) in [5.74, 6) is 0. The summed E-state index contributed by atoms with van der Waals surface area (Å²) in [6.07, 6.45) is 6.51. The first-order valence-corrected chi connectivity index (χ1v) is 6.62. The van der Waals surface area contributed by atoms with E-state index in [2.05, 4.69) is 6.92 Å². The van der Waals surface area contributed by atoms with Crippen LogP contribution in [0, 0.1) is 0 Å². The summed E-state index contributed by atoms with van der Waals surface area (Å²) in [5.41, 5.74) is 0. The smallest absolute Gasteiger partial charge is 0.0658 e. The van der Waals surface area contributed by atoms with Crippen molar-refractivity contribution in [1.82, 2.24) is 0 Å². The Morgan fingerprint density at radius 1 is 1.29 bits per heavy atom. The molecule has 0 aromatic carbocycles. The van der Waals surface area contributed by atoms with Gasteiger partial charge in [0.2, 0.25) is 0 Å². The van der Waals surface area contributed by atoms with Gasteiger partial charge in [0.25, 0.3) is 0 Å². The van der Waals surface area contributed by atoms with Crippen molar-refractivity contribution >= 4 is 11.8 Å². The second-order valence-corrected chi connectivity index (χ2v) is 5.89. The molecular formula is C11H22O2S. The molecule has 2 N–H and O–H groups in total. The SMILES string of the molecule is CC(CCO)SC1CCCCCC1O. The molecule has 0 aromatic rings. The van der Waals surface area contributed by atoms with Crippen molar-refractivity contribution in [3.8, 4) is 0 Å². The zero-order valence-corrected chi connectivity index (χ0v) is 9.80. The van der Waals surface area contributed by atoms with E-state index in [4.69, 9.17) is 5.11 Å². The molecule has 0 amide bonds. The molecule has 0 heterocycles. The maximum atomic E-state index is 9.88. The fourth-order valence-corrected chi connectivity index (χ4v) is 3.42. The second kappa shape index (κ2) is 6.70. The molecule has 3 heteroatoms. The monoisotopic (exact) mass is 218 g/mol. The number of aliphatic hydroxyl groups excluding tert-OH is 2. The highest BCUT2D eigenvalue weighted by Gasteiger charge is 2.23. The van der Waals surface area contributed by atoms with Gasteiger partial charge in [-0.3, -0.25) is 0 Å². The predicted molar refractivity (Wildman–Crippen MR) is 61.6 cm³/mol. The summed E-state index contributed by atoms with van der Waals surface area (Å²) in [4.78, 5) is 0. The van der Waals surface area contributed by atoms with Gasteiger partial charge in [-0.25, -0.2) is 0 Å². The standard InChI is InChI=1S/C11H22O2S/c1-9(7-8-12)14-11-6-4-2-3-5-10(11)13/h9-13H,2-8H2,1H3. The largest absolute Gasteiger partial charge is 0.396 e. The van der Waals surface area contributed by atoms with Crippen molar-refractivity contribution in [2.45, 2.75) is 62.1 Å². The summed E-state index contributed by atoms with van der Waals surface area (Å²) in [5, 5.41) is 19.6. The highest BCUT2D eigenvalue weighted by atomic mass is 32.2. The van der Waals surface area contributed by atoms with E-state index in [1.807, 2.05) is 11.8 Å². The Labute approximate surface area is 91.1 Å². The van der Waals surface area contributed by atoms with Gasteiger partial charge in [-0.1, -0.05) is 26.2 Å². The molecule has 0 aliphatic heterocycles. The second-order valence-electron chi connectivity index (χ2n) is 4.20. The lowest BCUT2D eigenvalue weighted by atomic mass is 10.1. The van der Waals surface area contributed by atoms with Gasteiger partial charge in [-0.15, -0.1) is 0 Å². The Hall–Kier alpha value is 0.270. The molecule has 0 radical (unpaired) electrons. The molecule has 1 rings (SSSR count). The number of rotatable bonds is 4. The molecular weight excluding hydrogens is 196 g/mol. The van der Waals surface area contributed by atoms with Gasteiger partial charge < -0.3 is 10.2 Å². The Morgan fingerprint density at radius 2 is 2.00 bits per heavy atom. The molecule has 84 valence electrons. The molecule has 1 aliphatic carbocycles. The highest BCUT2D eigenvalue weighted by Crippen LogP contribution is 2.31. The van der Waals surface area contributed by atoms with Crippen LogP contribution >= 0.6 is 11.8 Å². The van der Waals surface area contributed by atoms with Crippen molar-refractivity contribution in [3.63, 3.8) is 0 Å². The molecule has 0 bridgehead atoms. The summed E-state index contributed by atoms with van der Waals surface area (Å²) in [7, 11) is 0. The van der Waals surface area contributed by atoms with E-state index in [0.717, 1.165) is 19.3 Å². The minimum atomic E-state index is -0.122. The van der Waals surface area contributed by atoms with Gasteiger partial charge >= 0.3 is 0 Å². The van der Waals surface area contributed by atoms with E-state index in [1.54, 1.807) is 0 Å². The summed E-state index contributed by atoms with van der Waals surface area (Å²) < 4.78 is 0. The van der Waals surface area contributed by atoms with Crippen molar-refractivity contribution < 1.29 is 10.2 Å². The first kappa shape index (κ1) is 12.3. The maximum Gasteiger partial charge on any atom is 0.0658 e. The van der Waals surface area contributed by atoms with Gasteiger partial charge in [-0.2, -0.15) is 11.8 Å².